The van der Waals surface area contributed by atoms with Crippen molar-refractivity contribution < 1.29 is 123 Å². The summed E-state index contributed by atoms with van der Waals surface area (Å²) in [6, 6.07) is 86.5. The van der Waals surface area contributed by atoms with Gasteiger partial charge in [0.1, 0.15) is 42.3 Å². The number of hydrogen-bond donors (Lipinski definition) is 0. The molecule has 0 aliphatic heterocycles. The molecule has 0 atom stereocenters. The molecule has 0 saturated carbocycles. The predicted octanol–water partition coefficient (Wildman–Crippen LogP) is 21.8. The molecule has 142 heavy (non-hydrogen) atoms. The molecule has 0 bridgehead atoms. The monoisotopic (exact) mass is 2760 g/mol. The zero-order valence-electron chi connectivity index (χ0n) is 78.7. The normalized spacial score (nSPS) is 11.0. The summed E-state index contributed by atoms with van der Waals surface area (Å²) in [5, 5.41) is 38.8. The minimum absolute atomic E-state index is 0. The molecule has 0 aliphatic carbocycles. The van der Waals surface area contributed by atoms with Crippen LogP contribution in [0.2, 0.25) is 0 Å². The second-order valence-electron chi connectivity index (χ2n) is 33.7. The van der Waals surface area contributed by atoms with Crippen molar-refractivity contribution >= 4 is 61.6 Å². The molecule has 0 N–H and O–H groups in total. The van der Waals surface area contributed by atoms with Crippen LogP contribution in [0.1, 0.15) is 95.4 Å². The molecule has 10 aromatic carbocycles. The minimum atomic E-state index is 0. The summed E-state index contributed by atoms with van der Waals surface area (Å²) in [6.07, 6.45) is 20.2. The van der Waals surface area contributed by atoms with Gasteiger partial charge in [0.2, 0.25) is 0 Å². The number of fused-ring (bicyclic) bond motifs is 6. The predicted molar refractivity (Wildman–Crippen MR) is 522 cm³/mol. The number of hydrogen-bond acceptors (Lipinski definition) is 22. The van der Waals surface area contributed by atoms with Gasteiger partial charge in [0.15, 0.2) is 48.5 Å². The third-order valence-electron chi connectivity index (χ3n) is 23.7. The number of imidazole rings is 1. The fourth-order valence-electron chi connectivity index (χ4n) is 17.5. The quantitative estimate of drug-likeness (QED) is 0.0680. The third kappa shape index (κ3) is 20.5. The van der Waals surface area contributed by atoms with E-state index >= 15 is 0 Å². The summed E-state index contributed by atoms with van der Waals surface area (Å²) in [6.45, 7) is 25.4. The molecule has 5 radical (unpaired) electrons. The smallest absolute Gasteiger partial charge is 0.304 e. The fourth-order valence-corrected chi connectivity index (χ4v) is 17.5. The topological polar surface area (TPSA) is 318 Å². The molecule has 0 fully saturated rings. The van der Waals surface area contributed by atoms with E-state index in [-0.39, 0.29) is 101 Å². The van der Waals surface area contributed by atoms with Gasteiger partial charge >= 0.3 is 5.65 Å². The first-order valence-corrected chi connectivity index (χ1v) is 44.4. The number of pyridine rings is 3. The molecule has 717 valence electrons. The summed E-state index contributed by atoms with van der Waals surface area (Å²) in [5.41, 5.74) is 33.9. The molecule has 29 nitrogen and oxygen atoms in total. The SMILES string of the molecule is CC(C)c1cccc(C(C)C)c1-n1cnnc1-c1[c-]nc2ocnc2n1.Cc1cc(-c2ccccc2)cc(C)c1-n1c(C)nnc1-c1[c-]cc2c(c1)ncn2C.Cc1cc(C)c(-n2cnnc2-c2[c-]nc3ocnc3c2)c(C)c1.Cc1cccc(C)c1-n1cnnc1-c1[c-]cc2ocnc2n1.[Ir].[Ir].[Ir].[Ir].[Ir].[c-]1cc2ocnc2cc1-c1n[n+]2ccccc2n1-c1c(-c2ccccc2)cccc1-c1ccccc1. The van der Waals surface area contributed by atoms with Crippen LogP contribution in [0, 0.1) is 86.0 Å². The maximum absolute atomic E-state index is 5.46. The molecule has 24 rings (SSSR count). The Hall–Kier alpha value is -14.6. The van der Waals surface area contributed by atoms with E-state index in [1.165, 1.54) is 75.6 Å². The van der Waals surface area contributed by atoms with Crippen LogP contribution in [0.4, 0.5) is 0 Å². The van der Waals surface area contributed by atoms with Crippen molar-refractivity contribution in [2.75, 3.05) is 0 Å². The first-order valence-electron chi connectivity index (χ1n) is 44.4. The maximum Gasteiger partial charge on any atom is 0.304 e. The van der Waals surface area contributed by atoms with E-state index in [0.29, 0.717) is 80.1 Å². The third-order valence-corrected chi connectivity index (χ3v) is 23.7. The van der Waals surface area contributed by atoms with Crippen molar-refractivity contribution in [2.45, 2.75) is 94.9 Å². The van der Waals surface area contributed by atoms with Crippen LogP contribution >= 0.6 is 0 Å². The molecule has 14 heterocycles. The van der Waals surface area contributed by atoms with Crippen LogP contribution in [0.3, 0.4) is 0 Å². The average Bonchev–Trinajstić information content (AvgIpc) is 1.58. The van der Waals surface area contributed by atoms with Crippen LogP contribution < -0.4 is 4.52 Å². The Morgan fingerprint density at radius 2 is 0.859 bits per heavy atom. The number of para-hydroxylation sites is 3. The molecule has 34 heteroatoms. The molecule has 0 amide bonds. The standard InChI is InChI=1S/C31H20N4O.C25H22N5.C19H19N6O.C17H14N5O.C16H12N5O.5Ir/c1-3-10-22(11-4-1)25-14-9-15-26(23-12-5-2-6-13-23)30(25)35-29-16-7-8-19-34(29)33-31(35)24-17-18-28-27(20-24)32-21-36-28;1-16-12-21(19-8-6-5-7-9-19)13-17(2)24(16)30-18(3)27-28-25(30)20-10-11-23-22(14-20)26-15-29(23)4;1-11(2)13-6-5-7-14(12(3)4)16(13)25-9-22-24-18(25)15-8-20-19-17(23-15)21-10-26-19;1-10-4-11(2)15(12(3)5-10)22-8-20-21-16(22)13-6-14-17(18-7-13)23-9-19-14;1-10-4-3-5-11(2)14(10)21-8-18-20-16(21)12-6-7-13-15(19-12)17-9-22-13;;;;;/h1-16,18-21H;5-9,11-15H,1-4H3;5-7,9-12H,1-4H3;4-6,8-9H,1-3H3;3-5,7-9H,1-2H3;;;;;/q;4*-1;;;;;. The molecule has 0 aliphatic rings. The van der Waals surface area contributed by atoms with Gasteiger partial charge in [0.05, 0.1) is 40.8 Å². The van der Waals surface area contributed by atoms with Crippen molar-refractivity contribution in [1.82, 2.24) is 118 Å². The molecular formula is C108H87Ir5N25O4-4. The Bertz CT molecular complexity index is 8400. The number of benzene rings is 10. The first-order chi connectivity index (χ1) is 66.8. The Kier molecular flexibility index (Phi) is 31.9. The number of rotatable bonds is 15. The molecular weight excluding hydrogens is 2670 g/mol. The van der Waals surface area contributed by atoms with E-state index in [1.54, 1.807) is 25.0 Å². The molecule has 0 saturated heterocycles. The van der Waals surface area contributed by atoms with Crippen molar-refractivity contribution in [2.24, 2.45) is 7.05 Å². The number of aromatic nitrogens is 25. The van der Waals surface area contributed by atoms with Crippen molar-refractivity contribution in [1.29, 1.82) is 0 Å². The number of oxazole rings is 4. The van der Waals surface area contributed by atoms with E-state index in [0.717, 1.165) is 118 Å². The Labute approximate surface area is 883 Å². The molecule has 14 aromatic heterocycles. The number of nitrogens with zero attached hydrogens (tertiary/aromatic N) is 25. The van der Waals surface area contributed by atoms with Gasteiger partial charge in [-0.3, -0.25) is 15.0 Å². The van der Waals surface area contributed by atoms with Crippen LogP contribution in [0.15, 0.2) is 299 Å². The van der Waals surface area contributed by atoms with Crippen LogP contribution in [-0.2, 0) is 108 Å². The van der Waals surface area contributed by atoms with Gasteiger partial charge in [-0.15, -0.1) is 74.9 Å². The summed E-state index contributed by atoms with van der Waals surface area (Å²) < 4.78 is 35.1. The van der Waals surface area contributed by atoms with E-state index in [2.05, 4.69) is 353 Å². The molecule has 0 unspecified atom stereocenters. The molecule has 24 aromatic rings. The van der Waals surface area contributed by atoms with Crippen LogP contribution in [0.25, 0.3) is 181 Å². The second kappa shape index (κ2) is 44.4. The fraction of sp³-hybridized carbons (Fsp3) is 0.139. The van der Waals surface area contributed by atoms with Gasteiger partial charge < -0.3 is 50.5 Å². The van der Waals surface area contributed by atoms with E-state index in [4.69, 9.17) is 22.8 Å². The van der Waals surface area contributed by atoms with E-state index in [1.807, 2.05) is 116 Å². The average molecular weight is 2760 g/mol. The first kappa shape index (κ1) is 102. The van der Waals surface area contributed by atoms with E-state index in [9.17, 15) is 0 Å². The molecule has 0 spiro atoms. The zero-order chi connectivity index (χ0) is 94.1. The summed E-state index contributed by atoms with van der Waals surface area (Å²) in [5.74, 6) is 4.99. The van der Waals surface area contributed by atoms with Gasteiger partial charge in [-0.2, -0.15) is 30.6 Å². The summed E-state index contributed by atoms with van der Waals surface area (Å²) in [7, 11) is 1.98. The maximum atomic E-state index is 5.46. The minimum Gasteiger partial charge on any atom is -0.503 e. The zero-order valence-corrected chi connectivity index (χ0v) is 90.7. The van der Waals surface area contributed by atoms with Gasteiger partial charge in [-0.05, 0) is 176 Å². The van der Waals surface area contributed by atoms with Gasteiger partial charge in [0, 0.05) is 170 Å². The summed E-state index contributed by atoms with van der Waals surface area (Å²) >= 11 is 0. The Morgan fingerprint density at radius 3 is 1.53 bits per heavy atom. The van der Waals surface area contributed by atoms with Gasteiger partial charge in [-0.25, -0.2) is 24.5 Å². The van der Waals surface area contributed by atoms with Gasteiger partial charge in [0.25, 0.3) is 0 Å². The van der Waals surface area contributed by atoms with Crippen LogP contribution in [-0.4, -0.2) is 118 Å². The summed E-state index contributed by atoms with van der Waals surface area (Å²) in [4.78, 5) is 38.3. The van der Waals surface area contributed by atoms with Crippen molar-refractivity contribution in [3.05, 3.63) is 368 Å². The Morgan fingerprint density at radius 1 is 0.352 bits per heavy atom. The van der Waals surface area contributed by atoms with Crippen molar-refractivity contribution in [3.8, 4) is 119 Å². The number of aryl methyl sites for hydroxylation is 9. The largest absolute Gasteiger partial charge is 0.503 e. The van der Waals surface area contributed by atoms with E-state index < -0.39 is 0 Å². The van der Waals surface area contributed by atoms with Gasteiger partial charge in [-0.1, -0.05) is 213 Å². The van der Waals surface area contributed by atoms with Crippen LogP contribution in [0.5, 0.6) is 0 Å². The Balaban J connectivity index is 0.000000134. The van der Waals surface area contributed by atoms with Crippen molar-refractivity contribution in [3.63, 3.8) is 0 Å². The second-order valence-corrected chi connectivity index (χ2v) is 33.7.